The number of nitrogens with zero attached hydrogens (tertiary/aromatic N) is 4. The largest absolute Gasteiger partial charge is 0.505 e. The number of rotatable bonds is 4. The Morgan fingerprint density at radius 3 is 2.45 bits per heavy atom. The van der Waals surface area contributed by atoms with Crippen LogP contribution in [0.3, 0.4) is 0 Å². The number of aromatic nitrogens is 2. The van der Waals surface area contributed by atoms with Gasteiger partial charge in [-0.3, -0.25) is 28.8 Å². The monoisotopic (exact) mass is 860 g/mol. The molecule has 2 aliphatic carbocycles. The topological polar surface area (TPSA) is 113 Å². The molecule has 4 amide bonds. The second kappa shape index (κ2) is 12.1. The highest BCUT2D eigenvalue weighted by Crippen LogP contribution is 2.64. The summed E-state index contributed by atoms with van der Waals surface area (Å²) in [4.78, 5) is 61.3. The number of anilines is 2. The zero-order chi connectivity index (χ0) is 37.2. The fourth-order valence-corrected chi connectivity index (χ4v) is 11.1. The van der Waals surface area contributed by atoms with E-state index in [1.165, 1.54) is 26.6 Å². The van der Waals surface area contributed by atoms with Crippen LogP contribution in [0.15, 0.2) is 78.4 Å². The minimum absolute atomic E-state index is 0.155. The van der Waals surface area contributed by atoms with E-state index in [9.17, 15) is 24.3 Å². The number of hydrogen-bond acceptors (Lipinski definition) is 7. The number of amides is 4. The molecule has 1 saturated carbocycles. The van der Waals surface area contributed by atoms with E-state index in [0.717, 1.165) is 29.7 Å². The predicted octanol–water partition coefficient (Wildman–Crippen LogP) is 8.15. The number of fused-ring (bicyclic) bond motifs is 5. The number of aromatic hydroxyl groups is 1. The normalized spacial score (nSPS) is 26.7. The molecule has 0 radical (unpaired) electrons. The van der Waals surface area contributed by atoms with Gasteiger partial charge in [0.15, 0.2) is 11.6 Å². The summed E-state index contributed by atoms with van der Waals surface area (Å²) in [5, 5.41) is 16.5. The lowest BCUT2D eigenvalue weighted by molar-refractivity contribution is -0.131. The summed E-state index contributed by atoms with van der Waals surface area (Å²) in [5.41, 5.74) is 1.81. The van der Waals surface area contributed by atoms with Crippen molar-refractivity contribution in [2.24, 2.45) is 36.1 Å². The van der Waals surface area contributed by atoms with E-state index in [0.29, 0.717) is 27.8 Å². The maximum absolute atomic E-state index is 15.1. The first-order valence-electron chi connectivity index (χ1n) is 17.2. The predicted molar refractivity (Wildman–Crippen MR) is 208 cm³/mol. The van der Waals surface area contributed by atoms with Gasteiger partial charge < -0.3 is 5.11 Å². The molecule has 268 valence electrons. The highest BCUT2D eigenvalue weighted by atomic mass is 127. The van der Waals surface area contributed by atoms with E-state index in [4.69, 9.17) is 16.7 Å². The Morgan fingerprint density at radius 2 is 1.72 bits per heavy atom. The molecule has 0 spiro atoms. The first-order valence-corrected chi connectivity index (χ1v) is 19.5. The molecule has 1 N–H and O–H groups in total. The molecule has 6 unspecified atom stereocenters. The molecule has 53 heavy (non-hydrogen) atoms. The van der Waals surface area contributed by atoms with Gasteiger partial charge in [0.2, 0.25) is 23.6 Å². The number of carbonyl (C=O) groups excluding carboxylic acids is 4. The van der Waals surface area contributed by atoms with Gasteiger partial charge in [-0.25, -0.2) is 9.29 Å². The molecule has 4 heterocycles. The van der Waals surface area contributed by atoms with E-state index in [2.05, 4.69) is 22.6 Å². The summed E-state index contributed by atoms with van der Waals surface area (Å²) in [6, 6.07) is 18.6. The number of carbonyl (C=O) groups is 4. The van der Waals surface area contributed by atoms with Gasteiger partial charge in [-0.2, -0.15) is 5.10 Å². The number of hydrogen-bond donors (Lipinski definition) is 1. The van der Waals surface area contributed by atoms with Gasteiger partial charge in [-0.15, -0.1) is 11.3 Å². The molecule has 2 aromatic heterocycles. The first-order chi connectivity index (χ1) is 25.3. The van der Waals surface area contributed by atoms with Crippen LogP contribution >= 0.6 is 45.5 Å². The first kappa shape index (κ1) is 34.4. The van der Waals surface area contributed by atoms with E-state index < -0.39 is 58.4 Å². The molecular formula is C40H31ClFIN4O5S. The number of phenols is 1. The molecule has 4 aliphatic rings. The van der Waals surface area contributed by atoms with Gasteiger partial charge in [0.1, 0.15) is 11.5 Å². The van der Waals surface area contributed by atoms with Crippen molar-refractivity contribution in [1.29, 1.82) is 0 Å². The van der Waals surface area contributed by atoms with Crippen LogP contribution in [0.5, 0.6) is 5.75 Å². The third kappa shape index (κ3) is 4.87. The quantitative estimate of drug-likeness (QED) is 0.111. The Morgan fingerprint density at radius 1 is 0.962 bits per heavy atom. The average Bonchev–Trinajstić information content (AvgIpc) is 3.80. The van der Waals surface area contributed by atoms with Crippen LogP contribution in [-0.2, 0) is 26.2 Å². The molecule has 9 nitrogen and oxygen atoms in total. The van der Waals surface area contributed by atoms with E-state index >= 15 is 4.39 Å². The summed E-state index contributed by atoms with van der Waals surface area (Å²) < 4.78 is 18.6. The zero-order valence-corrected chi connectivity index (χ0v) is 32.4. The second-order valence-electron chi connectivity index (χ2n) is 14.6. The number of aryl methyl sites for hydroxylation is 2. The van der Waals surface area contributed by atoms with Crippen LogP contribution in [0, 0.1) is 45.4 Å². The van der Waals surface area contributed by atoms with Gasteiger partial charge in [0.05, 0.1) is 33.7 Å². The number of thiophene rings is 1. The molecule has 2 aliphatic heterocycles. The minimum Gasteiger partial charge on any atom is -0.505 e. The van der Waals surface area contributed by atoms with Crippen molar-refractivity contribution in [2.45, 2.75) is 32.6 Å². The van der Waals surface area contributed by atoms with Crippen LogP contribution < -0.4 is 9.80 Å². The number of imide groups is 2. The summed E-state index contributed by atoms with van der Waals surface area (Å²) in [6.45, 7) is 3.73. The number of halogens is 3. The van der Waals surface area contributed by atoms with Crippen molar-refractivity contribution in [3.8, 4) is 16.3 Å². The molecule has 6 atom stereocenters. The highest BCUT2D eigenvalue weighted by molar-refractivity contribution is 14.1. The van der Waals surface area contributed by atoms with Gasteiger partial charge >= 0.3 is 0 Å². The summed E-state index contributed by atoms with van der Waals surface area (Å²) in [7, 11) is 1.69. The van der Waals surface area contributed by atoms with Crippen molar-refractivity contribution >= 4 is 90.7 Å². The maximum Gasteiger partial charge on any atom is 0.242 e. The molecule has 0 bridgehead atoms. The van der Waals surface area contributed by atoms with E-state index in [-0.39, 0.29) is 24.7 Å². The summed E-state index contributed by atoms with van der Waals surface area (Å²) in [6.07, 6.45) is 2.34. The number of benzene rings is 3. The fraction of sp³-hybridized carbons (Fsp3) is 0.275. The van der Waals surface area contributed by atoms with Crippen LogP contribution in [0.1, 0.15) is 36.8 Å². The Labute approximate surface area is 326 Å². The van der Waals surface area contributed by atoms with Crippen LogP contribution in [0.25, 0.3) is 20.7 Å². The molecule has 9 rings (SSSR count). The Balaban J connectivity index is 1.15. The lowest BCUT2D eigenvalue weighted by atomic mass is 9.51. The maximum atomic E-state index is 15.1. The highest BCUT2D eigenvalue weighted by Gasteiger charge is 2.68. The molecule has 2 saturated heterocycles. The van der Waals surface area contributed by atoms with Crippen molar-refractivity contribution < 1.29 is 28.7 Å². The van der Waals surface area contributed by atoms with Crippen LogP contribution in [0.4, 0.5) is 15.9 Å². The van der Waals surface area contributed by atoms with E-state index in [1.54, 1.807) is 49.6 Å². The van der Waals surface area contributed by atoms with Crippen molar-refractivity contribution in [2.75, 3.05) is 9.80 Å². The SMILES string of the molecule is Cc1c(-c2cc(N3C(=O)C4CC5C(=CCC6C(=O)N(c7ccc(I)cc7)C(=O)C65)C(c5ccc(O)c(F)c5)C4(C)C3=O)n(C)n2)sc2ccc(Cl)cc12. The standard InChI is InChI=1S/C40H31ClFIN4O5S/c1-18-25-15-20(41)5-13-31(25)53-35(18)29-17-32(45(3)44-29)47-37(50)27-16-26-23(34(40(27,2)39(47)52)19-4-12-30(48)28(42)14-19)10-11-24-33(26)38(51)46(36(24)49)22-8-6-21(43)7-9-22/h4-10,12-15,17,24,26-27,33-34,48H,11,16H2,1-3H3. The lowest BCUT2D eigenvalue weighted by Gasteiger charge is -2.49. The second-order valence-corrected chi connectivity index (χ2v) is 17.3. The third-order valence-corrected chi connectivity index (χ3v) is 14.1. The summed E-state index contributed by atoms with van der Waals surface area (Å²) in [5.74, 6) is -6.34. The summed E-state index contributed by atoms with van der Waals surface area (Å²) >= 11 is 10.0. The van der Waals surface area contributed by atoms with Gasteiger partial charge in [-0.1, -0.05) is 29.3 Å². The molecule has 5 aromatic rings. The molecular weight excluding hydrogens is 830 g/mol. The fourth-order valence-electron chi connectivity index (χ4n) is 9.38. The van der Waals surface area contributed by atoms with Crippen molar-refractivity contribution in [3.05, 3.63) is 104 Å². The van der Waals surface area contributed by atoms with Gasteiger partial charge in [0, 0.05) is 32.3 Å². The van der Waals surface area contributed by atoms with E-state index in [1.807, 2.05) is 43.3 Å². The Kier molecular flexibility index (Phi) is 7.82. The molecule has 13 heteroatoms. The van der Waals surface area contributed by atoms with Crippen LogP contribution in [0.2, 0.25) is 5.02 Å². The Hall–Kier alpha value is -4.40. The third-order valence-electron chi connectivity index (χ3n) is 11.9. The minimum atomic E-state index is -1.38. The van der Waals surface area contributed by atoms with Gasteiger partial charge in [-0.05, 0) is 126 Å². The molecule has 3 aromatic carbocycles. The molecule has 3 fully saturated rings. The Bertz CT molecular complexity index is 2500. The number of allylic oxidation sites excluding steroid dienone is 2. The smallest absolute Gasteiger partial charge is 0.242 e. The lowest BCUT2D eigenvalue weighted by Crippen LogP contribution is -2.49. The van der Waals surface area contributed by atoms with Crippen LogP contribution in [-0.4, -0.2) is 38.5 Å². The van der Waals surface area contributed by atoms with Crippen molar-refractivity contribution in [1.82, 2.24) is 9.78 Å². The average molecular weight is 861 g/mol. The number of phenolic OH excluding ortho intramolecular Hbond substituents is 1. The van der Waals surface area contributed by atoms with Gasteiger partial charge in [0.25, 0.3) is 0 Å². The zero-order valence-electron chi connectivity index (χ0n) is 28.6. The van der Waals surface area contributed by atoms with Crippen molar-refractivity contribution in [3.63, 3.8) is 0 Å².